The number of hydrogen-bond donors (Lipinski definition) is 0. The number of rotatable bonds is 6. The van der Waals surface area contributed by atoms with Gasteiger partial charge in [0.25, 0.3) is 5.91 Å². The second kappa shape index (κ2) is 7.66. The van der Waals surface area contributed by atoms with E-state index >= 15 is 0 Å². The quantitative estimate of drug-likeness (QED) is 0.661. The van der Waals surface area contributed by atoms with E-state index in [0.29, 0.717) is 16.2 Å². The van der Waals surface area contributed by atoms with E-state index in [4.69, 9.17) is 11.6 Å². The van der Waals surface area contributed by atoms with Gasteiger partial charge in [-0.15, -0.1) is 0 Å². The summed E-state index contributed by atoms with van der Waals surface area (Å²) >= 11 is 5.97. The van der Waals surface area contributed by atoms with Crippen LogP contribution >= 0.6 is 11.6 Å². The van der Waals surface area contributed by atoms with Gasteiger partial charge in [0.15, 0.2) is 5.65 Å². The monoisotopic (exact) mass is 356 g/mol. The molecule has 0 aliphatic carbocycles. The molecule has 0 bridgehead atoms. The molecular weight excluding hydrogens is 336 g/mol. The molecule has 3 rings (SSSR count). The first-order valence-corrected chi connectivity index (χ1v) is 8.91. The van der Waals surface area contributed by atoms with E-state index in [1.165, 1.54) is 0 Å². The summed E-state index contributed by atoms with van der Waals surface area (Å²) in [5, 5.41) is 5.10. The van der Waals surface area contributed by atoms with Crippen LogP contribution in [-0.4, -0.2) is 38.5 Å². The predicted octanol–water partition coefficient (Wildman–Crippen LogP) is 4.31. The number of amides is 1. The van der Waals surface area contributed by atoms with Gasteiger partial charge in [0, 0.05) is 29.9 Å². The van der Waals surface area contributed by atoms with Gasteiger partial charge in [0.05, 0.1) is 11.9 Å². The van der Waals surface area contributed by atoms with E-state index in [2.05, 4.69) is 23.9 Å². The van der Waals surface area contributed by atoms with Gasteiger partial charge in [-0.1, -0.05) is 37.6 Å². The highest BCUT2D eigenvalue weighted by molar-refractivity contribution is 6.30. The summed E-state index contributed by atoms with van der Waals surface area (Å²) in [6, 6.07) is 9.42. The van der Waals surface area contributed by atoms with Crippen molar-refractivity contribution in [3.8, 4) is 11.3 Å². The number of nitrogens with zero attached hydrogens (tertiary/aromatic N) is 4. The highest BCUT2D eigenvalue weighted by atomic mass is 35.5. The fraction of sp³-hybridized carbons (Fsp3) is 0.316. The molecule has 0 N–H and O–H groups in total. The van der Waals surface area contributed by atoms with Crippen LogP contribution in [0.15, 0.2) is 42.7 Å². The van der Waals surface area contributed by atoms with Crippen LogP contribution < -0.4 is 0 Å². The Morgan fingerprint density at radius 3 is 2.44 bits per heavy atom. The number of hydrogen-bond acceptors (Lipinski definition) is 3. The summed E-state index contributed by atoms with van der Waals surface area (Å²) in [7, 11) is 0. The summed E-state index contributed by atoms with van der Waals surface area (Å²) in [5.74, 6) is -0.0144. The number of carbonyl (C=O) groups is 1. The molecule has 6 heteroatoms. The molecule has 0 fully saturated rings. The lowest BCUT2D eigenvalue weighted by Gasteiger charge is -2.20. The fourth-order valence-electron chi connectivity index (χ4n) is 2.91. The van der Waals surface area contributed by atoms with Crippen molar-refractivity contribution in [2.24, 2.45) is 0 Å². The average molecular weight is 357 g/mol. The summed E-state index contributed by atoms with van der Waals surface area (Å²) in [6.07, 6.45) is 5.17. The van der Waals surface area contributed by atoms with Crippen LogP contribution in [0.1, 0.15) is 37.0 Å². The van der Waals surface area contributed by atoms with Crippen LogP contribution in [-0.2, 0) is 0 Å². The molecule has 130 valence electrons. The van der Waals surface area contributed by atoms with Crippen LogP contribution in [0.5, 0.6) is 0 Å². The Kier molecular flexibility index (Phi) is 5.34. The lowest BCUT2D eigenvalue weighted by molar-refractivity contribution is 0.0757. The van der Waals surface area contributed by atoms with E-state index in [1.807, 2.05) is 35.2 Å². The molecule has 0 radical (unpaired) electrons. The Labute approximate surface area is 152 Å². The van der Waals surface area contributed by atoms with Crippen molar-refractivity contribution >= 4 is 23.2 Å². The molecule has 3 aromatic rings. The fourth-order valence-corrected chi connectivity index (χ4v) is 3.03. The largest absolute Gasteiger partial charge is 0.339 e. The molecule has 0 saturated heterocycles. The summed E-state index contributed by atoms with van der Waals surface area (Å²) in [4.78, 5) is 19.2. The predicted molar refractivity (Wildman–Crippen MR) is 99.9 cm³/mol. The number of halogens is 1. The van der Waals surface area contributed by atoms with E-state index in [1.54, 1.807) is 16.9 Å². The maximum atomic E-state index is 12.9. The van der Waals surface area contributed by atoms with Crippen LogP contribution in [0.3, 0.4) is 0 Å². The minimum absolute atomic E-state index is 0.0144. The van der Waals surface area contributed by atoms with Gasteiger partial charge in [-0.3, -0.25) is 4.79 Å². The molecule has 0 spiro atoms. The maximum Gasteiger partial charge on any atom is 0.259 e. The molecule has 25 heavy (non-hydrogen) atoms. The zero-order chi connectivity index (χ0) is 17.8. The molecule has 5 nitrogen and oxygen atoms in total. The van der Waals surface area contributed by atoms with Crippen LogP contribution in [0, 0.1) is 0 Å². The molecule has 2 aromatic heterocycles. The minimum Gasteiger partial charge on any atom is -0.339 e. The number of fused-ring (bicyclic) bond motifs is 1. The average Bonchev–Trinajstić information content (AvgIpc) is 3.06. The lowest BCUT2D eigenvalue weighted by atomic mass is 10.1. The van der Waals surface area contributed by atoms with Gasteiger partial charge in [-0.2, -0.15) is 5.10 Å². The first kappa shape index (κ1) is 17.4. The van der Waals surface area contributed by atoms with Crippen molar-refractivity contribution in [3.05, 3.63) is 53.3 Å². The zero-order valence-electron chi connectivity index (χ0n) is 14.4. The SMILES string of the molecule is CCCN(CCC)C(=O)c1cnn2c(-c3ccc(Cl)cc3)ccnc12. The summed E-state index contributed by atoms with van der Waals surface area (Å²) < 4.78 is 1.71. The smallest absolute Gasteiger partial charge is 0.259 e. The number of benzene rings is 1. The Morgan fingerprint density at radius 1 is 1.12 bits per heavy atom. The van der Waals surface area contributed by atoms with Gasteiger partial charge >= 0.3 is 0 Å². The van der Waals surface area contributed by atoms with E-state index in [-0.39, 0.29) is 5.91 Å². The second-order valence-electron chi connectivity index (χ2n) is 5.92. The highest BCUT2D eigenvalue weighted by Crippen LogP contribution is 2.23. The third kappa shape index (κ3) is 3.51. The van der Waals surface area contributed by atoms with Crippen molar-refractivity contribution in [2.45, 2.75) is 26.7 Å². The third-order valence-electron chi connectivity index (χ3n) is 4.05. The Bertz CT molecular complexity index is 867. The molecule has 0 atom stereocenters. The minimum atomic E-state index is -0.0144. The van der Waals surface area contributed by atoms with Crippen LogP contribution in [0.25, 0.3) is 16.9 Å². The summed E-state index contributed by atoms with van der Waals surface area (Å²) in [6.45, 7) is 5.62. The topological polar surface area (TPSA) is 50.5 Å². The number of carbonyl (C=O) groups excluding carboxylic acids is 1. The Hall–Kier alpha value is -2.40. The van der Waals surface area contributed by atoms with Gasteiger partial charge in [0.2, 0.25) is 0 Å². The molecule has 0 saturated carbocycles. The third-order valence-corrected chi connectivity index (χ3v) is 4.30. The Morgan fingerprint density at radius 2 is 1.80 bits per heavy atom. The van der Waals surface area contributed by atoms with Gasteiger partial charge < -0.3 is 4.90 Å². The van der Waals surface area contributed by atoms with E-state index in [0.717, 1.165) is 37.2 Å². The molecule has 2 heterocycles. The Balaban J connectivity index is 2.03. The van der Waals surface area contributed by atoms with Gasteiger partial charge in [0.1, 0.15) is 5.56 Å². The lowest BCUT2D eigenvalue weighted by Crippen LogP contribution is -2.32. The molecular formula is C19H21ClN4O. The van der Waals surface area contributed by atoms with Gasteiger partial charge in [-0.25, -0.2) is 9.50 Å². The van der Waals surface area contributed by atoms with Crippen molar-refractivity contribution in [2.75, 3.05) is 13.1 Å². The van der Waals surface area contributed by atoms with E-state index in [9.17, 15) is 4.79 Å². The molecule has 1 aromatic carbocycles. The normalized spacial score (nSPS) is 11.0. The van der Waals surface area contributed by atoms with Gasteiger partial charge in [-0.05, 0) is 31.0 Å². The maximum absolute atomic E-state index is 12.9. The first-order chi connectivity index (χ1) is 12.2. The van der Waals surface area contributed by atoms with Crippen molar-refractivity contribution in [1.29, 1.82) is 0 Å². The molecule has 0 aliphatic heterocycles. The zero-order valence-corrected chi connectivity index (χ0v) is 15.2. The highest BCUT2D eigenvalue weighted by Gasteiger charge is 2.20. The summed E-state index contributed by atoms with van der Waals surface area (Å²) in [5.41, 5.74) is 2.96. The van der Waals surface area contributed by atoms with Crippen molar-refractivity contribution in [1.82, 2.24) is 19.5 Å². The number of aromatic nitrogens is 3. The molecule has 1 amide bonds. The van der Waals surface area contributed by atoms with Crippen LogP contribution in [0.4, 0.5) is 0 Å². The van der Waals surface area contributed by atoms with Crippen LogP contribution in [0.2, 0.25) is 5.02 Å². The standard InChI is InChI=1S/C19H21ClN4O/c1-3-11-23(12-4-2)19(25)16-13-22-24-17(9-10-21-18(16)24)14-5-7-15(20)8-6-14/h5-10,13H,3-4,11-12H2,1-2H3. The second-order valence-corrected chi connectivity index (χ2v) is 6.36. The first-order valence-electron chi connectivity index (χ1n) is 8.53. The van der Waals surface area contributed by atoms with Crippen molar-refractivity contribution in [3.63, 3.8) is 0 Å². The molecule has 0 aliphatic rings. The van der Waals surface area contributed by atoms with E-state index < -0.39 is 0 Å². The van der Waals surface area contributed by atoms with Crippen molar-refractivity contribution < 1.29 is 4.79 Å². The molecule has 0 unspecified atom stereocenters.